The molecule has 1 aliphatic rings. The third-order valence-electron chi connectivity index (χ3n) is 3.28. The highest BCUT2D eigenvalue weighted by molar-refractivity contribution is 5.99. The molecule has 1 heterocycles. The van der Waals surface area contributed by atoms with Crippen LogP contribution in [0.3, 0.4) is 0 Å². The molecule has 0 aliphatic carbocycles. The maximum Gasteiger partial charge on any atom is 0.179 e. The highest BCUT2D eigenvalue weighted by Gasteiger charge is 2.24. The normalized spacial score (nSPS) is 18.6. The van der Waals surface area contributed by atoms with Crippen LogP contribution >= 0.6 is 0 Å². The number of piperazine rings is 1. The Kier molecular flexibility index (Phi) is 4.04. The molecule has 0 bridgehead atoms. The molecule has 0 aromatic heterocycles. The first-order valence-corrected chi connectivity index (χ1v) is 6.03. The predicted molar refractivity (Wildman–Crippen MR) is 64.6 cm³/mol. The van der Waals surface area contributed by atoms with Crippen LogP contribution in [0.1, 0.15) is 17.3 Å². The molecule has 3 nitrogen and oxygen atoms in total. The average molecular weight is 254 g/mol. The van der Waals surface area contributed by atoms with Crippen LogP contribution in [0.25, 0.3) is 0 Å². The summed E-state index contributed by atoms with van der Waals surface area (Å²) in [6, 6.07) is 2.99. The van der Waals surface area contributed by atoms with Crippen molar-refractivity contribution in [3.05, 3.63) is 35.4 Å². The lowest BCUT2D eigenvalue weighted by atomic mass is 10.0. The first kappa shape index (κ1) is 13.1. The number of rotatable bonds is 3. The van der Waals surface area contributed by atoms with Crippen LogP contribution in [0.15, 0.2) is 18.2 Å². The number of ketones is 1. The number of carbonyl (C=O) groups is 1. The summed E-state index contributed by atoms with van der Waals surface area (Å²) in [6.45, 7) is 5.06. The Balaban J connectivity index is 2.11. The number of carbonyl (C=O) groups excluding carboxylic acids is 1. The summed E-state index contributed by atoms with van der Waals surface area (Å²) < 4.78 is 25.9. The molecule has 1 N–H and O–H groups in total. The van der Waals surface area contributed by atoms with Gasteiger partial charge in [0.25, 0.3) is 0 Å². The van der Waals surface area contributed by atoms with Crippen LogP contribution in [0.4, 0.5) is 8.78 Å². The van der Waals surface area contributed by atoms with Gasteiger partial charge in [-0.25, -0.2) is 8.78 Å². The second-order valence-corrected chi connectivity index (χ2v) is 4.46. The van der Waals surface area contributed by atoms with Crippen molar-refractivity contribution in [3.63, 3.8) is 0 Å². The van der Waals surface area contributed by atoms with E-state index in [1.165, 1.54) is 6.07 Å². The Bertz CT molecular complexity index is 445. The second kappa shape index (κ2) is 5.54. The molecule has 0 radical (unpaired) electrons. The molecule has 0 amide bonds. The molecule has 1 fully saturated rings. The minimum Gasteiger partial charge on any atom is -0.314 e. The smallest absolute Gasteiger partial charge is 0.179 e. The quantitative estimate of drug-likeness (QED) is 0.828. The number of nitrogens with one attached hydrogen (secondary N) is 1. The Hall–Kier alpha value is -1.33. The molecular weight excluding hydrogens is 238 g/mol. The van der Waals surface area contributed by atoms with Crippen molar-refractivity contribution >= 4 is 5.78 Å². The number of hydrogen-bond acceptors (Lipinski definition) is 3. The zero-order valence-corrected chi connectivity index (χ0v) is 10.2. The minimum atomic E-state index is -0.978. The van der Waals surface area contributed by atoms with E-state index in [9.17, 15) is 13.6 Å². The van der Waals surface area contributed by atoms with Gasteiger partial charge >= 0.3 is 0 Å². The van der Waals surface area contributed by atoms with Crippen molar-refractivity contribution in [1.29, 1.82) is 0 Å². The highest BCUT2D eigenvalue weighted by atomic mass is 19.2. The van der Waals surface area contributed by atoms with Gasteiger partial charge in [-0.3, -0.25) is 9.69 Å². The van der Waals surface area contributed by atoms with Gasteiger partial charge in [-0.2, -0.15) is 0 Å². The molecule has 1 saturated heterocycles. The lowest BCUT2D eigenvalue weighted by molar-refractivity contribution is 0.0819. The monoisotopic (exact) mass is 254 g/mol. The van der Waals surface area contributed by atoms with E-state index in [1.807, 2.05) is 4.90 Å². The van der Waals surface area contributed by atoms with Crippen LogP contribution in [-0.4, -0.2) is 42.9 Å². The summed E-state index contributed by atoms with van der Waals surface area (Å²) in [6.07, 6.45) is 0. The Morgan fingerprint density at radius 1 is 1.28 bits per heavy atom. The van der Waals surface area contributed by atoms with Crippen LogP contribution in [-0.2, 0) is 0 Å². The Labute approximate surface area is 105 Å². The fourth-order valence-corrected chi connectivity index (χ4v) is 2.13. The van der Waals surface area contributed by atoms with Crippen LogP contribution in [0.2, 0.25) is 0 Å². The largest absolute Gasteiger partial charge is 0.314 e. The van der Waals surface area contributed by atoms with Crippen molar-refractivity contribution in [2.75, 3.05) is 26.2 Å². The van der Waals surface area contributed by atoms with Gasteiger partial charge in [0.1, 0.15) is 0 Å². The van der Waals surface area contributed by atoms with E-state index in [0.717, 1.165) is 38.3 Å². The van der Waals surface area contributed by atoms with E-state index < -0.39 is 11.6 Å². The van der Waals surface area contributed by atoms with Crippen molar-refractivity contribution in [2.45, 2.75) is 13.0 Å². The van der Waals surface area contributed by atoms with Crippen LogP contribution < -0.4 is 5.32 Å². The fraction of sp³-hybridized carbons (Fsp3) is 0.462. The zero-order chi connectivity index (χ0) is 13.1. The first-order chi connectivity index (χ1) is 8.59. The molecule has 1 aliphatic heterocycles. The third-order valence-corrected chi connectivity index (χ3v) is 3.28. The molecule has 98 valence electrons. The van der Waals surface area contributed by atoms with E-state index in [-0.39, 0.29) is 17.4 Å². The molecule has 1 aromatic carbocycles. The second-order valence-electron chi connectivity index (χ2n) is 4.46. The lowest BCUT2D eigenvalue weighted by Gasteiger charge is -2.31. The van der Waals surface area contributed by atoms with Crippen molar-refractivity contribution in [1.82, 2.24) is 10.2 Å². The summed E-state index contributed by atoms with van der Waals surface area (Å²) in [5, 5.41) is 3.20. The number of benzene rings is 1. The molecule has 5 heteroatoms. The fourth-order valence-electron chi connectivity index (χ4n) is 2.13. The van der Waals surface area contributed by atoms with Gasteiger partial charge in [0.2, 0.25) is 0 Å². The van der Waals surface area contributed by atoms with Crippen molar-refractivity contribution in [2.24, 2.45) is 0 Å². The van der Waals surface area contributed by atoms with E-state index in [0.29, 0.717) is 0 Å². The average Bonchev–Trinajstić information content (AvgIpc) is 2.41. The van der Waals surface area contributed by atoms with E-state index >= 15 is 0 Å². The number of Topliss-reactive ketones (excluding diaryl/α,β-unsaturated/α-hetero) is 1. The van der Waals surface area contributed by atoms with Gasteiger partial charge < -0.3 is 5.32 Å². The standard InChI is InChI=1S/C13H16F2N2O/c1-9(17-6-4-16-5-7-17)13(18)10-2-3-11(14)12(15)8-10/h2-3,8-9,16H,4-7H2,1H3. The molecule has 1 unspecified atom stereocenters. The Morgan fingerprint density at radius 3 is 2.56 bits per heavy atom. The van der Waals surface area contributed by atoms with Crippen molar-refractivity contribution in [3.8, 4) is 0 Å². The van der Waals surface area contributed by atoms with Crippen LogP contribution in [0.5, 0.6) is 0 Å². The predicted octanol–water partition coefficient (Wildman–Crippen LogP) is 1.44. The third kappa shape index (κ3) is 2.73. The van der Waals surface area contributed by atoms with Gasteiger partial charge in [0, 0.05) is 31.7 Å². The molecule has 1 atom stereocenters. The minimum absolute atomic E-state index is 0.171. The first-order valence-electron chi connectivity index (χ1n) is 6.03. The van der Waals surface area contributed by atoms with Gasteiger partial charge in [-0.1, -0.05) is 0 Å². The summed E-state index contributed by atoms with van der Waals surface area (Å²) in [7, 11) is 0. The van der Waals surface area contributed by atoms with E-state index in [2.05, 4.69) is 5.32 Å². The number of halogens is 2. The van der Waals surface area contributed by atoms with Gasteiger partial charge in [0.05, 0.1) is 6.04 Å². The summed E-state index contributed by atoms with van der Waals surface area (Å²) in [5.74, 6) is -2.08. The summed E-state index contributed by atoms with van der Waals surface area (Å²) >= 11 is 0. The Morgan fingerprint density at radius 2 is 1.94 bits per heavy atom. The molecule has 18 heavy (non-hydrogen) atoms. The number of nitrogens with zero attached hydrogens (tertiary/aromatic N) is 1. The van der Waals surface area contributed by atoms with Crippen LogP contribution in [0, 0.1) is 11.6 Å². The maximum atomic E-state index is 13.1. The van der Waals surface area contributed by atoms with Gasteiger partial charge in [-0.15, -0.1) is 0 Å². The molecule has 0 saturated carbocycles. The van der Waals surface area contributed by atoms with Gasteiger partial charge in [-0.05, 0) is 25.1 Å². The maximum absolute atomic E-state index is 13.1. The molecular formula is C13H16F2N2O. The number of hydrogen-bond donors (Lipinski definition) is 1. The lowest BCUT2D eigenvalue weighted by Crippen LogP contribution is -2.50. The summed E-state index contributed by atoms with van der Waals surface area (Å²) in [5.41, 5.74) is 0.222. The summed E-state index contributed by atoms with van der Waals surface area (Å²) in [4.78, 5) is 14.2. The topological polar surface area (TPSA) is 32.3 Å². The molecule has 0 spiro atoms. The van der Waals surface area contributed by atoms with Crippen molar-refractivity contribution < 1.29 is 13.6 Å². The zero-order valence-electron chi connectivity index (χ0n) is 10.2. The molecule has 2 rings (SSSR count). The van der Waals surface area contributed by atoms with E-state index in [4.69, 9.17) is 0 Å². The van der Waals surface area contributed by atoms with Gasteiger partial charge in [0.15, 0.2) is 17.4 Å². The highest BCUT2D eigenvalue weighted by Crippen LogP contribution is 2.13. The molecule has 1 aromatic rings. The van der Waals surface area contributed by atoms with E-state index in [1.54, 1.807) is 6.92 Å². The SMILES string of the molecule is CC(C(=O)c1ccc(F)c(F)c1)N1CCNCC1.